The average Bonchev–Trinajstić information content (AvgIpc) is 3.13. The van der Waals surface area contributed by atoms with E-state index < -0.39 is 65.5 Å². The number of rotatable bonds is 24. The molecule has 0 radical (unpaired) electrons. The minimum absolute atomic E-state index is 0.0297. The molecular weight excluding hydrogens is 704 g/mol. The molecule has 0 amide bonds. The molecule has 54 heavy (non-hydrogen) atoms. The molecule has 0 unspecified atom stereocenters. The Morgan fingerprint density at radius 2 is 0.722 bits per heavy atom. The van der Waals surface area contributed by atoms with Crippen molar-refractivity contribution in [2.24, 2.45) is 22.7 Å². The first-order valence-electron chi connectivity index (χ1n) is 18.4. The van der Waals surface area contributed by atoms with E-state index in [-0.39, 0.29) is 93.2 Å². The Kier molecular flexibility index (Phi) is 20.2. The van der Waals surface area contributed by atoms with Crippen LogP contribution in [0.3, 0.4) is 0 Å². The first kappa shape index (κ1) is 47.3. The zero-order chi connectivity index (χ0) is 41.1. The molecule has 1 aliphatic carbocycles. The highest BCUT2D eigenvalue weighted by Gasteiger charge is 2.51. The number of hydrogen-bond donors (Lipinski definition) is 0. The van der Waals surface area contributed by atoms with E-state index in [1.54, 1.807) is 41.5 Å². The first-order valence-corrected chi connectivity index (χ1v) is 18.4. The summed E-state index contributed by atoms with van der Waals surface area (Å²) in [5.74, 6) is -5.80. The van der Waals surface area contributed by atoms with E-state index in [2.05, 4.69) is 26.3 Å². The van der Waals surface area contributed by atoms with Gasteiger partial charge in [0, 0.05) is 35.1 Å². The summed E-state index contributed by atoms with van der Waals surface area (Å²) in [7, 11) is 0. The van der Waals surface area contributed by atoms with Crippen LogP contribution in [0.4, 0.5) is 0 Å². The van der Waals surface area contributed by atoms with Crippen LogP contribution in [-0.4, -0.2) is 88.0 Å². The second-order valence-electron chi connectivity index (χ2n) is 13.5. The monoisotopic (exact) mass is 762 g/mol. The predicted octanol–water partition coefficient (Wildman–Crippen LogP) is 5.47. The van der Waals surface area contributed by atoms with Crippen molar-refractivity contribution >= 4 is 41.8 Å². The van der Waals surface area contributed by atoms with Crippen LogP contribution >= 0.6 is 0 Å². The van der Waals surface area contributed by atoms with Gasteiger partial charge >= 0.3 is 41.8 Å². The van der Waals surface area contributed by atoms with Gasteiger partial charge in [0.25, 0.3) is 0 Å². The Morgan fingerprint density at radius 3 is 1.04 bits per heavy atom. The number of carbonyl (C=O) groups is 7. The van der Waals surface area contributed by atoms with E-state index in [9.17, 15) is 33.6 Å². The molecule has 0 heterocycles. The average molecular weight is 763 g/mol. The Bertz CT molecular complexity index is 1350. The molecule has 0 aromatic carbocycles. The van der Waals surface area contributed by atoms with Crippen molar-refractivity contribution in [3.8, 4) is 0 Å². The van der Waals surface area contributed by atoms with Gasteiger partial charge in [-0.15, -0.1) is 0 Å². The first-order chi connectivity index (χ1) is 25.4. The highest BCUT2D eigenvalue weighted by molar-refractivity contribution is 6.04. The van der Waals surface area contributed by atoms with Crippen molar-refractivity contribution < 1.29 is 66.7 Å². The summed E-state index contributed by atoms with van der Waals surface area (Å²) in [4.78, 5) is 90.5. The quantitative estimate of drug-likeness (QED) is 0.0522. The van der Waals surface area contributed by atoms with Gasteiger partial charge in [-0.05, 0) is 91.9 Å². The van der Waals surface area contributed by atoms with Crippen LogP contribution in [-0.2, 0) is 66.7 Å². The van der Waals surface area contributed by atoms with Crippen LogP contribution in [0.1, 0.15) is 92.9 Å². The van der Waals surface area contributed by atoms with E-state index in [1.807, 2.05) is 0 Å². The van der Waals surface area contributed by atoms with Crippen molar-refractivity contribution in [1.29, 1.82) is 0 Å². The van der Waals surface area contributed by atoms with Crippen molar-refractivity contribution in [2.75, 3.05) is 46.2 Å². The van der Waals surface area contributed by atoms with Gasteiger partial charge in [-0.3, -0.25) is 14.4 Å². The third kappa shape index (κ3) is 14.2. The van der Waals surface area contributed by atoms with Crippen molar-refractivity contribution in [1.82, 2.24) is 0 Å². The molecule has 0 spiro atoms. The molecule has 0 atom stereocenters. The molecule has 1 saturated carbocycles. The zero-order valence-corrected chi connectivity index (χ0v) is 32.8. The lowest BCUT2D eigenvalue weighted by molar-refractivity contribution is -0.174. The van der Waals surface area contributed by atoms with Gasteiger partial charge in [0.15, 0.2) is 5.41 Å². The van der Waals surface area contributed by atoms with Gasteiger partial charge in [0.1, 0.15) is 0 Å². The van der Waals surface area contributed by atoms with Crippen LogP contribution in [0.15, 0.2) is 48.6 Å². The normalized spacial score (nSPS) is 15.4. The highest BCUT2D eigenvalue weighted by Crippen LogP contribution is 2.39. The maximum absolute atomic E-state index is 13.9. The van der Waals surface area contributed by atoms with Gasteiger partial charge in [-0.2, -0.15) is 0 Å². The van der Waals surface area contributed by atoms with E-state index in [1.165, 1.54) is 0 Å². The molecule has 0 aromatic heterocycles. The third-order valence-corrected chi connectivity index (χ3v) is 8.91. The van der Waals surface area contributed by atoms with Crippen LogP contribution in [0.5, 0.6) is 0 Å². The van der Waals surface area contributed by atoms with Gasteiger partial charge in [0.05, 0.1) is 51.7 Å². The summed E-state index contributed by atoms with van der Waals surface area (Å²) in [5, 5.41) is 0. The van der Waals surface area contributed by atoms with Gasteiger partial charge in [-0.25, -0.2) is 19.2 Å². The molecule has 14 heteroatoms. The van der Waals surface area contributed by atoms with Crippen LogP contribution in [0.2, 0.25) is 0 Å². The maximum Gasteiger partial charge on any atom is 0.333 e. The summed E-state index contributed by atoms with van der Waals surface area (Å²) >= 11 is 0. The Morgan fingerprint density at radius 1 is 0.444 bits per heavy atom. The largest absolute Gasteiger partial charge is 0.465 e. The molecule has 0 N–H and O–H groups in total. The van der Waals surface area contributed by atoms with E-state index in [0.29, 0.717) is 25.7 Å². The standard InChI is InChI=1S/C40H58O14/c1-11-48-32(41)26(6)20-39(10,21-27(7)33(42)49-12-2)36(45)53-24-30-16-18-31(19-17-30)25-54-38(47)40(37(46)52-15-5,22-28(8)34(43)50-13-3)23-29(9)35(44)51-14-4/h30-31H,6-9,11-25H2,1-5,10H3. The summed E-state index contributed by atoms with van der Waals surface area (Å²) in [6.45, 7) is 24.8. The highest BCUT2D eigenvalue weighted by atomic mass is 16.6. The second kappa shape index (κ2) is 23.1. The Hall–Kier alpha value is -4.75. The molecule has 0 bridgehead atoms. The van der Waals surface area contributed by atoms with Crippen molar-refractivity contribution in [3.63, 3.8) is 0 Å². The summed E-state index contributed by atoms with van der Waals surface area (Å²) < 4.78 is 36.8. The number of carbonyl (C=O) groups excluding carboxylic acids is 7. The smallest absolute Gasteiger partial charge is 0.333 e. The fourth-order valence-corrected chi connectivity index (χ4v) is 6.07. The molecule has 14 nitrogen and oxygen atoms in total. The molecule has 1 fully saturated rings. The SMILES string of the molecule is C=C(CC(C)(CC(=C)C(=O)OCC)C(=O)OCC1CCC(COC(=O)C(CC(=C)C(=O)OCC)(CC(=C)C(=O)OCC)C(=O)OCC)CC1)C(=O)OCC. The van der Waals surface area contributed by atoms with E-state index in [0.717, 1.165) is 0 Å². The minimum atomic E-state index is -2.17. The van der Waals surface area contributed by atoms with Crippen molar-refractivity contribution in [3.05, 3.63) is 48.6 Å². The van der Waals surface area contributed by atoms with Crippen molar-refractivity contribution in [2.45, 2.75) is 92.9 Å². The third-order valence-electron chi connectivity index (χ3n) is 8.91. The minimum Gasteiger partial charge on any atom is -0.465 e. The van der Waals surface area contributed by atoms with Gasteiger partial charge in [0.2, 0.25) is 0 Å². The summed E-state index contributed by atoms with van der Waals surface area (Å²) in [6, 6.07) is 0. The molecule has 1 aliphatic rings. The Labute approximate surface area is 318 Å². The number of esters is 7. The number of hydrogen-bond acceptors (Lipinski definition) is 14. The lowest BCUT2D eigenvalue weighted by atomic mass is 9.76. The van der Waals surface area contributed by atoms with Crippen LogP contribution < -0.4 is 0 Å². The zero-order valence-electron chi connectivity index (χ0n) is 32.8. The second-order valence-corrected chi connectivity index (χ2v) is 13.5. The topological polar surface area (TPSA) is 184 Å². The maximum atomic E-state index is 13.9. The molecular formula is C40H58O14. The van der Waals surface area contributed by atoms with E-state index in [4.69, 9.17) is 33.2 Å². The molecule has 302 valence electrons. The molecule has 0 aromatic rings. The fourth-order valence-electron chi connectivity index (χ4n) is 6.07. The van der Waals surface area contributed by atoms with Crippen LogP contribution in [0.25, 0.3) is 0 Å². The molecule has 0 saturated heterocycles. The fraction of sp³-hybridized carbons (Fsp3) is 0.625. The van der Waals surface area contributed by atoms with Crippen LogP contribution in [0, 0.1) is 22.7 Å². The Balaban J connectivity index is 3.07. The van der Waals surface area contributed by atoms with Gasteiger partial charge in [-0.1, -0.05) is 26.3 Å². The summed E-state index contributed by atoms with van der Waals surface area (Å²) in [6.07, 6.45) is 1.05. The van der Waals surface area contributed by atoms with E-state index >= 15 is 0 Å². The number of ether oxygens (including phenoxy) is 7. The lowest BCUT2D eigenvalue weighted by Gasteiger charge is -2.33. The van der Waals surface area contributed by atoms with Gasteiger partial charge < -0.3 is 33.2 Å². The molecule has 1 rings (SSSR count). The summed E-state index contributed by atoms with van der Waals surface area (Å²) in [5.41, 5.74) is -3.82. The predicted molar refractivity (Wildman–Crippen MR) is 196 cm³/mol. The lowest BCUT2D eigenvalue weighted by Crippen LogP contribution is -2.44. The molecule has 0 aliphatic heterocycles.